The van der Waals surface area contributed by atoms with Crippen LogP contribution in [-0.4, -0.2) is 33.5 Å². The number of aliphatic hydroxyl groups excluding tert-OH is 1. The van der Waals surface area contributed by atoms with Crippen molar-refractivity contribution in [2.75, 3.05) is 28.4 Å². The minimum Gasteiger partial charge on any atom is -0.497 e. The fourth-order valence-electron chi connectivity index (χ4n) is 3.44. The van der Waals surface area contributed by atoms with Crippen LogP contribution in [0.25, 0.3) is 0 Å². The van der Waals surface area contributed by atoms with Gasteiger partial charge >= 0.3 is 0 Å². The van der Waals surface area contributed by atoms with Crippen molar-refractivity contribution in [3.63, 3.8) is 0 Å². The Bertz CT molecular complexity index is 724. The number of hydrogen-bond acceptors (Lipinski definition) is 5. The average molecular weight is 330 g/mol. The van der Waals surface area contributed by atoms with Crippen molar-refractivity contribution in [1.29, 1.82) is 0 Å². The maximum absolute atomic E-state index is 10.5. The first kappa shape index (κ1) is 16.5. The van der Waals surface area contributed by atoms with Crippen LogP contribution in [0.3, 0.4) is 0 Å². The van der Waals surface area contributed by atoms with E-state index in [-0.39, 0.29) is 5.92 Å². The minimum atomic E-state index is -0.569. The van der Waals surface area contributed by atoms with Gasteiger partial charge in [-0.25, -0.2) is 0 Å². The summed E-state index contributed by atoms with van der Waals surface area (Å²) in [5.41, 5.74) is 2.87. The summed E-state index contributed by atoms with van der Waals surface area (Å²) in [5.74, 6) is 2.55. The number of ether oxygens (including phenoxy) is 4. The van der Waals surface area contributed by atoms with Gasteiger partial charge < -0.3 is 24.1 Å². The summed E-state index contributed by atoms with van der Waals surface area (Å²) in [6.07, 6.45) is 0.0229. The molecule has 2 aromatic carbocycles. The van der Waals surface area contributed by atoms with Crippen LogP contribution < -0.4 is 18.9 Å². The van der Waals surface area contributed by atoms with Gasteiger partial charge in [0.15, 0.2) is 11.5 Å². The monoisotopic (exact) mass is 330 g/mol. The predicted octanol–water partition coefficient (Wildman–Crippen LogP) is 3.29. The Labute approximate surface area is 141 Å². The Morgan fingerprint density at radius 1 is 0.875 bits per heavy atom. The third-order valence-electron chi connectivity index (χ3n) is 4.59. The van der Waals surface area contributed by atoms with Gasteiger partial charge in [-0.2, -0.15) is 0 Å². The van der Waals surface area contributed by atoms with Gasteiger partial charge in [0.1, 0.15) is 5.75 Å². The van der Waals surface area contributed by atoms with Gasteiger partial charge in [-0.05, 0) is 35.7 Å². The molecule has 2 unspecified atom stereocenters. The summed E-state index contributed by atoms with van der Waals surface area (Å²) >= 11 is 0. The quantitative estimate of drug-likeness (QED) is 0.912. The summed E-state index contributed by atoms with van der Waals surface area (Å²) < 4.78 is 21.7. The number of fused-ring (bicyclic) bond motifs is 1. The van der Waals surface area contributed by atoms with Crippen LogP contribution in [0.4, 0.5) is 0 Å². The molecule has 0 saturated heterocycles. The zero-order valence-electron chi connectivity index (χ0n) is 14.3. The molecular formula is C19H22O5. The minimum absolute atomic E-state index is 0.0238. The Balaban J connectivity index is 2.15. The lowest BCUT2D eigenvalue weighted by Crippen LogP contribution is -2.03. The van der Waals surface area contributed by atoms with E-state index in [1.807, 2.05) is 30.3 Å². The van der Waals surface area contributed by atoms with Crippen molar-refractivity contribution in [1.82, 2.24) is 0 Å². The summed E-state index contributed by atoms with van der Waals surface area (Å²) in [7, 11) is 6.41. The fourth-order valence-corrected chi connectivity index (χ4v) is 3.44. The Morgan fingerprint density at radius 2 is 1.54 bits per heavy atom. The highest BCUT2D eigenvalue weighted by Gasteiger charge is 2.36. The van der Waals surface area contributed by atoms with Crippen molar-refractivity contribution in [2.24, 2.45) is 0 Å². The largest absolute Gasteiger partial charge is 0.497 e. The third-order valence-corrected chi connectivity index (χ3v) is 4.59. The van der Waals surface area contributed by atoms with Crippen LogP contribution in [0, 0.1) is 0 Å². The van der Waals surface area contributed by atoms with Crippen LogP contribution >= 0.6 is 0 Å². The molecule has 0 radical (unpaired) electrons. The smallest absolute Gasteiger partial charge is 0.203 e. The fraction of sp³-hybridized carbons (Fsp3) is 0.368. The van der Waals surface area contributed by atoms with E-state index in [0.29, 0.717) is 23.7 Å². The number of hydrogen-bond donors (Lipinski definition) is 1. The summed E-state index contributed by atoms with van der Waals surface area (Å²) in [6, 6.07) is 9.72. The normalized spacial score (nSPS) is 18.9. The molecular weight excluding hydrogens is 308 g/mol. The second-order valence-electron chi connectivity index (χ2n) is 5.73. The Morgan fingerprint density at radius 3 is 2.08 bits per heavy atom. The van der Waals surface area contributed by atoms with Gasteiger partial charge in [-0.1, -0.05) is 12.1 Å². The molecule has 0 aromatic heterocycles. The maximum atomic E-state index is 10.5. The van der Waals surface area contributed by atoms with Crippen LogP contribution in [0.2, 0.25) is 0 Å². The molecule has 0 bridgehead atoms. The maximum Gasteiger partial charge on any atom is 0.203 e. The second kappa shape index (κ2) is 6.61. The molecule has 2 aromatic rings. The highest BCUT2D eigenvalue weighted by atomic mass is 16.5. The van der Waals surface area contributed by atoms with Gasteiger partial charge in [0, 0.05) is 11.5 Å². The molecule has 5 heteroatoms. The topological polar surface area (TPSA) is 57.2 Å². The molecule has 0 fully saturated rings. The number of methoxy groups -OCH3 is 4. The third kappa shape index (κ3) is 2.55. The summed E-state index contributed by atoms with van der Waals surface area (Å²) in [6.45, 7) is 0. The molecule has 2 atom stereocenters. The number of benzene rings is 2. The van der Waals surface area contributed by atoms with Crippen LogP contribution in [0.1, 0.15) is 35.1 Å². The number of aliphatic hydroxyl groups is 1. The molecule has 128 valence electrons. The summed E-state index contributed by atoms with van der Waals surface area (Å²) in [5, 5.41) is 10.5. The average Bonchev–Trinajstić information content (AvgIpc) is 2.96. The highest BCUT2D eigenvalue weighted by molar-refractivity contribution is 5.64. The Kier molecular flexibility index (Phi) is 4.53. The first-order valence-electron chi connectivity index (χ1n) is 7.79. The van der Waals surface area contributed by atoms with E-state index < -0.39 is 6.10 Å². The molecule has 0 spiro atoms. The molecule has 1 aliphatic carbocycles. The SMILES string of the molecule is COc1ccc(C2CC(O)c3cc(OC)c(OC)c(OC)c32)cc1. The molecule has 0 heterocycles. The van der Waals surface area contributed by atoms with E-state index in [1.165, 1.54) is 0 Å². The van der Waals surface area contributed by atoms with E-state index in [4.69, 9.17) is 18.9 Å². The zero-order chi connectivity index (χ0) is 17.3. The lowest BCUT2D eigenvalue weighted by molar-refractivity contribution is 0.176. The van der Waals surface area contributed by atoms with Crippen molar-refractivity contribution >= 4 is 0 Å². The molecule has 1 aliphatic rings. The van der Waals surface area contributed by atoms with Crippen molar-refractivity contribution in [3.8, 4) is 23.0 Å². The van der Waals surface area contributed by atoms with Gasteiger partial charge in [0.05, 0.1) is 34.5 Å². The molecule has 0 aliphatic heterocycles. The molecule has 0 saturated carbocycles. The Hall–Kier alpha value is -2.40. The van der Waals surface area contributed by atoms with Crippen molar-refractivity contribution in [2.45, 2.75) is 18.4 Å². The zero-order valence-corrected chi connectivity index (χ0v) is 14.3. The van der Waals surface area contributed by atoms with Crippen molar-refractivity contribution in [3.05, 3.63) is 47.0 Å². The molecule has 5 nitrogen and oxygen atoms in total. The van der Waals surface area contributed by atoms with Gasteiger partial charge in [0.2, 0.25) is 5.75 Å². The molecule has 0 amide bonds. The molecule has 24 heavy (non-hydrogen) atoms. The van der Waals surface area contributed by atoms with Gasteiger partial charge in [-0.15, -0.1) is 0 Å². The predicted molar refractivity (Wildman–Crippen MR) is 90.5 cm³/mol. The van der Waals surface area contributed by atoms with E-state index in [9.17, 15) is 5.11 Å². The standard InChI is InChI=1S/C19H22O5/c1-21-12-7-5-11(6-8-12)13-9-15(20)14-10-16(22-2)18(23-3)19(24-4)17(13)14/h5-8,10,13,15,20H,9H2,1-4H3. The van der Waals surface area contributed by atoms with Crippen LogP contribution in [0.5, 0.6) is 23.0 Å². The van der Waals surface area contributed by atoms with Gasteiger partial charge in [-0.3, -0.25) is 0 Å². The lowest BCUT2D eigenvalue weighted by atomic mass is 9.92. The summed E-state index contributed by atoms with van der Waals surface area (Å²) in [4.78, 5) is 0. The van der Waals surface area contributed by atoms with E-state index in [1.54, 1.807) is 28.4 Å². The van der Waals surface area contributed by atoms with Crippen molar-refractivity contribution < 1.29 is 24.1 Å². The highest BCUT2D eigenvalue weighted by Crippen LogP contribution is 2.54. The molecule has 1 N–H and O–H groups in total. The lowest BCUT2D eigenvalue weighted by Gasteiger charge is -2.20. The second-order valence-corrected chi connectivity index (χ2v) is 5.73. The number of rotatable bonds is 5. The first-order chi connectivity index (χ1) is 11.6. The van der Waals surface area contributed by atoms with Crippen LogP contribution in [0.15, 0.2) is 30.3 Å². The first-order valence-corrected chi connectivity index (χ1v) is 7.79. The van der Waals surface area contributed by atoms with E-state index in [0.717, 1.165) is 22.4 Å². The van der Waals surface area contributed by atoms with E-state index >= 15 is 0 Å². The molecule has 3 rings (SSSR count). The van der Waals surface area contributed by atoms with Crippen LogP contribution in [-0.2, 0) is 0 Å². The van der Waals surface area contributed by atoms with Gasteiger partial charge in [0.25, 0.3) is 0 Å². The van der Waals surface area contributed by atoms with E-state index in [2.05, 4.69) is 0 Å².